The molecule has 2 aliphatic rings. The van der Waals surface area contributed by atoms with Crippen LogP contribution >= 0.6 is 0 Å². The molecule has 0 saturated carbocycles. The van der Waals surface area contributed by atoms with Crippen molar-refractivity contribution in [3.05, 3.63) is 47.7 Å². The summed E-state index contributed by atoms with van der Waals surface area (Å²) in [6, 6.07) is 11.7. The highest BCUT2D eigenvalue weighted by atomic mass is 16.7. The van der Waals surface area contributed by atoms with Crippen molar-refractivity contribution in [2.24, 2.45) is 0 Å². The molecule has 27 heavy (non-hydrogen) atoms. The molecule has 0 bridgehead atoms. The fourth-order valence-electron chi connectivity index (χ4n) is 3.48. The number of hydrogen-bond donors (Lipinski definition) is 1. The summed E-state index contributed by atoms with van der Waals surface area (Å²) in [6.07, 6.45) is 2.39. The van der Waals surface area contributed by atoms with Gasteiger partial charge in [0.15, 0.2) is 17.3 Å². The molecule has 0 radical (unpaired) electrons. The lowest BCUT2D eigenvalue weighted by Gasteiger charge is -2.37. The van der Waals surface area contributed by atoms with Crippen LogP contribution in [0.2, 0.25) is 0 Å². The zero-order chi connectivity index (χ0) is 18.7. The molecule has 0 unspecified atom stereocenters. The molecule has 2 aliphatic heterocycles. The van der Waals surface area contributed by atoms with Crippen molar-refractivity contribution in [3.8, 4) is 0 Å². The minimum atomic E-state index is -0.483. The summed E-state index contributed by atoms with van der Waals surface area (Å²) in [5, 5.41) is 11.5. The van der Waals surface area contributed by atoms with Gasteiger partial charge in [-0.15, -0.1) is 10.2 Å². The first kappa shape index (κ1) is 17.9. The molecule has 4 rings (SSSR count). The van der Waals surface area contributed by atoms with Gasteiger partial charge in [-0.3, -0.25) is 4.79 Å². The van der Waals surface area contributed by atoms with Crippen molar-refractivity contribution in [3.63, 3.8) is 0 Å². The minimum absolute atomic E-state index is 0.103. The van der Waals surface area contributed by atoms with Crippen LogP contribution < -0.4 is 5.32 Å². The third-order valence-electron chi connectivity index (χ3n) is 5.14. The number of benzene rings is 1. The number of aromatic nitrogens is 2. The van der Waals surface area contributed by atoms with Gasteiger partial charge in [0.25, 0.3) is 5.91 Å². The van der Waals surface area contributed by atoms with Crippen molar-refractivity contribution in [2.45, 2.75) is 32.0 Å². The number of rotatable bonds is 4. The van der Waals surface area contributed by atoms with Crippen molar-refractivity contribution in [2.75, 3.05) is 31.6 Å². The Morgan fingerprint density at radius 1 is 1.07 bits per heavy atom. The molecule has 0 aliphatic carbocycles. The molecule has 3 heterocycles. The number of ether oxygens (including phenoxy) is 2. The molecule has 1 aromatic carbocycles. The predicted octanol–water partition coefficient (Wildman–Crippen LogP) is 2.76. The van der Waals surface area contributed by atoms with E-state index in [0.29, 0.717) is 50.7 Å². The maximum Gasteiger partial charge on any atom is 0.274 e. The number of likely N-dealkylation sites (tertiary alicyclic amines) is 1. The number of anilines is 2. The molecule has 0 atom stereocenters. The maximum atomic E-state index is 12.7. The van der Waals surface area contributed by atoms with Crippen LogP contribution in [0.4, 0.5) is 11.5 Å². The van der Waals surface area contributed by atoms with Crippen LogP contribution in [0, 0.1) is 0 Å². The van der Waals surface area contributed by atoms with Gasteiger partial charge in [-0.1, -0.05) is 19.1 Å². The van der Waals surface area contributed by atoms with Crippen molar-refractivity contribution in [1.82, 2.24) is 15.1 Å². The Labute approximate surface area is 158 Å². The molecule has 1 aromatic heterocycles. The Bertz CT molecular complexity index is 776. The van der Waals surface area contributed by atoms with Gasteiger partial charge in [-0.2, -0.15) is 0 Å². The number of piperidine rings is 1. The Hall–Kier alpha value is -2.51. The average Bonchev–Trinajstić information content (AvgIpc) is 3.17. The minimum Gasteiger partial charge on any atom is -0.347 e. The average molecular weight is 368 g/mol. The van der Waals surface area contributed by atoms with Gasteiger partial charge >= 0.3 is 0 Å². The number of amides is 1. The van der Waals surface area contributed by atoms with Crippen LogP contribution in [0.15, 0.2) is 36.4 Å². The van der Waals surface area contributed by atoms with Gasteiger partial charge in [-0.05, 0) is 36.2 Å². The molecular weight excluding hydrogens is 344 g/mol. The third-order valence-corrected chi connectivity index (χ3v) is 5.14. The Balaban J connectivity index is 1.36. The first-order chi connectivity index (χ1) is 13.2. The van der Waals surface area contributed by atoms with Gasteiger partial charge in [0.05, 0.1) is 13.2 Å². The number of nitrogens with zero attached hydrogens (tertiary/aromatic N) is 3. The predicted molar refractivity (Wildman–Crippen MR) is 101 cm³/mol. The fraction of sp³-hybridized carbons (Fsp3) is 0.450. The number of aryl methyl sites for hydroxylation is 1. The Morgan fingerprint density at radius 2 is 1.78 bits per heavy atom. The van der Waals surface area contributed by atoms with E-state index in [1.54, 1.807) is 17.0 Å². The smallest absolute Gasteiger partial charge is 0.274 e. The van der Waals surface area contributed by atoms with E-state index < -0.39 is 5.79 Å². The van der Waals surface area contributed by atoms with E-state index in [1.807, 2.05) is 12.1 Å². The molecule has 1 spiro atoms. The second kappa shape index (κ2) is 7.62. The van der Waals surface area contributed by atoms with Gasteiger partial charge in [0, 0.05) is 31.6 Å². The molecule has 2 saturated heterocycles. The highest BCUT2D eigenvalue weighted by molar-refractivity contribution is 5.92. The van der Waals surface area contributed by atoms with Crippen LogP contribution in [-0.4, -0.2) is 53.1 Å². The second-order valence-electron chi connectivity index (χ2n) is 6.88. The number of carbonyl (C=O) groups is 1. The first-order valence-corrected chi connectivity index (χ1v) is 9.44. The van der Waals surface area contributed by atoms with E-state index in [2.05, 4.69) is 34.6 Å². The molecule has 142 valence electrons. The zero-order valence-electron chi connectivity index (χ0n) is 15.5. The van der Waals surface area contributed by atoms with E-state index in [9.17, 15) is 4.79 Å². The topological polar surface area (TPSA) is 76.6 Å². The maximum absolute atomic E-state index is 12.7. The summed E-state index contributed by atoms with van der Waals surface area (Å²) in [5.41, 5.74) is 2.58. The molecule has 2 fully saturated rings. The molecule has 7 nitrogen and oxygen atoms in total. The summed E-state index contributed by atoms with van der Waals surface area (Å²) >= 11 is 0. The SMILES string of the molecule is CCc1ccc(Nc2ccc(C(=O)N3CCC4(CC3)OCCO4)nn2)cc1. The molecule has 1 N–H and O–H groups in total. The summed E-state index contributed by atoms with van der Waals surface area (Å²) in [4.78, 5) is 14.5. The Kier molecular flexibility index (Phi) is 5.05. The second-order valence-corrected chi connectivity index (χ2v) is 6.88. The summed E-state index contributed by atoms with van der Waals surface area (Å²) < 4.78 is 11.4. The van der Waals surface area contributed by atoms with Gasteiger partial charge in [0.2, 0.25) is 0 Å². The highest BCUT2D eigenvalue weighted by Gasteiger charge is 2.41. The summed E-state index contributed by atoms with van der Waals surface area (Å²) in [7, 11) is 0. The molecule has 2 aromatic rings. The number of nitrogens with one attached hydrogen (secondary N) is 1. The van der Waals surface area contributed by atoms with Gasteiger partial charge < -0.3 is 19.7 Å². The van der Waals surface area contributed by atoms with E-state index in [4.69, 9.17) is 9.47 Å². The number of hydrogen-bond acceptors (Lipinski definition) is 6. The van der Waals surface area contributed by atoms with E-state index in [0.717, 1.165) is 12.1 Å². The van der Waals surface area contributed by atoms with E-state index >= 15 is 0 Å². The van der Waals surface area contributed by atoms with Crippen molar-refractivity contribution in [1.29, 1.82) is 0 Å². The lowest BCUT2D eigenvalue weighted by molar-refractivity contribution is -0.181. The number of carbonyl (C=O) groups excluding carboxylic acids is 1. The van der Waals surface area contributed by atoms with E-state index in [-0.39, 0.29) is 5.91 Å². The zero-order valence-corrected chi connectivity index (χ0v) is 15.5. The summed E-state index contributed by atoms with van der Waals surface area (Å²) in [5.74, 6) is 0.0270. The quantitative estimate of drug-likeness (QED) is 0.894. The van der Waals surface area contributed by atoms with Crippen molar-refractivity contribution < 1.29 is 14.3 Å². The molecular formula is C20H24N4O3. The highest BCUT2D eigenvalue weighted by Crippen LogP contribution is 2.31. The first-order valence-electron chi connectivity index (χ1n) is 9.44. The van der Waals surface area contributed by atoms with Crippen LogP contribution in [0.3, 0.4) is 0 Å². The van der Waals surface area contributed by atoms with Crippen LogP contribution in [0.5, 0.6) is 0 Å². The normalized spacial score (nSPS) is 18.6. The van der Waals surface area contributed by atoms with Gasteiger partial charge in [0.1, 0.15) is 0 Å². The van der Waals surface area contributed by atoms with Crippen LogP contribution in [-0.2, 0) is 15.9 Å². The third kappa shape index (κ3) is 3.94. The van der Waals surface area contributed by atoms with Crippen molar-refractivity contribution >= 4 is 17.4 Å². The molecule has 7 heteroatoms. The van der Waals surface area contributed by atoms with Crippen LogP contribution in [0.25, 0.3) is 0 Å². The standard InChI is InChI=1S/C20H24N4O3/c1-2-15-3-5-16(6-4-15)21-18-8-7-17(22-23-18)19(25)24-11-9-20(10-12-24)26-13-14-27-20/h3-8H,2,9-14H2,1H3,(H,21,23). The monoisotopic (exact) mass is 368 g/mol. The van der Waals surface area contributed by atoms with E-state index in [1.165, 1.54) is 5.56 Å². The lowest BCUT2D eigenvalue weighted by atomic mass is 10.0. The Morgan fingerprint density at radius 3 is 2.37 bits per heavy atom. The fourth-order valence-corrected chi connectivity index (χ4v) is 3.48. The van der Waals surface area contributed by atoms with Gasteiger partial charge in [-0.25, -0.2) is 0 Å². The molecule has 1 amide bonds. The summed E-state index contributed by atoms with van der Waals surface area (Å²) in [6.45, 7) is 4.60. The lowest BCUT2D eigenvalue weighted by Crippen LogP contribution is -2.47. The largest absolute Gasteiger partial charge is 0.347 e. The van der Waals surface area contributed by atoms with Crippen LogP contribution in [0.1, 0.15) is 35.8 Å².